The molecule has 5 heteroatoms. The highest BCUT2D eigenvalue weighted by atomic mass is 32.2. The smallest absolute Gasteiger partial charge is 0.251 e. The van der Waals surface area contributed by atoms with Gasteiger partial charge in [-0.2, -0.15) is 11.8 Å². The molecule has 0 aliphatic heterocycles. The SMILES string of the molecule is CSC1(CNC(=O)c2ccc(N)c(O)c2)CCC1. The molecule has 4 N–H and O–H groups in total. The monoisotopic (exact) mass is 266 g/mol. The van der Waals surface area contributed by atoms with Crippen LogP contribution in [0.25, 0.3) is 0 Å². The summed E-state index contributed by atoms with van der Waals surface area (Å²) in [6, 6.07) is 4.56. The Morgan fingerprint density at radius 3 is 2.78 bits per heavy atom. The predicted molar refractivity (Wildman–Crippen MR) is 74.9 cm³/mol. The van der Waals surface area contributed by atoms with Crippen LogP contribution in [0.5, 0.6) is 5.75 Å². The van der Waals surface area contributed by atoms with Crippen molar-refractivity contribution < 1.29 is 9.90 Å². The maximum Gasteiger partial charge on any atom is 0.251 e. The van der Waals surface area contributed by atoms with Gasteiger partial charge >= 0.3 is 0 Å². The lowest BCUT2D eigenvalue weighted by atomic mass is 9.84. The number of phenols is 1. The van der Waals surface area contributed by atoms with E-state index in [1.165, 1.54) is 18.6 Å². The van der Waals surface area contributed by atoms with Crippen LogP contribution in [0.4, 0.5) is 5.69 Å². The molecule has 1 saturated carbocycles. The average Bonchev–Trinajstić information content (AvgIpc) is 2.31. The molecule has 18 heavy (non-hydrogen) atoms. The van der Waals surface area contributed by atoms with Gasteiger partial charge in [-0.3, -0.25) is 4.79 Å². The molecular weight excluding hydrogens is 248 g/mol. The number of hydrogen-bond donors (Lipinski definition) is 3. The van der Waals surface area contributed by atoms with Gasteiger partial charge in [-0.25, -0.2) is 0 Å². The molecule has 0 saturated heterocycles. The first-order valence-corrected chi connectivity index (χ1v) is 7.21. The molecule has 0 bridgehead atoms. The number of carbonyl (C=O) groups excluding carboxylic acids is 1. The van der Waals surface area contributed by atoms with E-state index in [9.17, 15) is 9.90 Å². The second-order valence-corrected chi connectivity index (χ2v) is 5.97. The van der Waals surface area contributed by atoms with E-state index in [-0.39, 0.29) is 22.1 Å². The number of aromatic hydroxyl groups is 1. The summed E-state index contributed by atoms with van der Waals surface area (Å²) in [7, 11) is 0. The number of benzene rings is 1. The molecular formula is C13H18N2O2S. The fourth-order valence-electron chi connectivity index (χ4n) is 2.05. The van der Waals surface area contributed by atoms with Crippen LogP contribution < -0.4 is 11.1 Å². The summed E-state index contributed by atoms with van der Waals surface area (Å²) in [4.78, 5) is 11.9. The topological polar surface area (TPSA) is 75.4 Å². The van der Waals surface area contributed by atoms with Gasteiger partial charge in [0.05, 0.1) is 5.69 Å². The van der Waals surface area contributed by atoms with Crippen molar-refractivity contribution in [2.75, 3.05) is 18.5 Å². The van der Waals surface area contributed by atoms with Gasteiger partial charge < -0.3 is 16.2 Å². The van der Waals surface area contributed by atoms with Crippen molar-refractivity contribution in [2.45, 2.75) is 24.0 Å². The number of nitrogen functional groups attached to an aromatic ring is 1. The third kappa shape index (κ3) is 2.56. The molecule has 0 atom stereocenters. The van der Waals surface area contributed by atoms with Crippen molar-refractivity contribution in [2.24, 2.45) is 0 Å². The Morgan fingerprint density at radius 2 is 2.28 bits per heavy atom. The number of amides is 1. The van der Waals surface area contributed by atoms with Gasteiger partial charge in [0.1, 0.15) is 5.75 Å². The number of thioether (sulfide) groups is 1. The first-order valence-electron chi connectivity index (χ1n) is 5.98. The third-order valence-electron chi connectivity index (χ3n) is 3.56. The van der Waals surface area contributed by atoms with Crippen molar-refractivity contribution in [1.82, 2.24) is 5.32 Å². The van der Waals surface area contributed by atoms with Crippen molar-refractivity contribution in [1.29, 1.82) is 0 Å². The molecule has 1 fully saturated rings. The van der Waals surface area contributed by atoms with Gasteiger partial charge in [0.15, 0.2) is 0 Å². The Bertz CT molecular complexity index is 453. The highest BCUT2D eigenvalue weighted by Gasteiger charge is 2.36. The molecule has 2 rings (SSSR count). The van der Waals surface area contributed by atoms with Gasteiger partial charge in [0, 0.05) is 16.9 Å². The van der Waals surface area contributed by atoms with Crippen molar-refractivity contribution >= 4 is 23.4 Å². The Kier molecular flexibility index (Phi) is 3.71. The maximum atomic E-state index is 11.9. The van der Waals surface area contributed by atoms with Crippen LogP contribution in [-0.4, -0.2) is 28.6 Å². The summed E-state index contributed by atoms with van der Waals surface area (Å²) in [6.45, 7) is 0.679. The second-order valence-electron chi connectivity index (χ2n) is 4.70. The lowest BCUT2D eigenvalue weighted by molar-refractivity contribution is 0.0943. The third-order valence-corrected chi connectivity index (χ3v) is 4.98. The van der Waals surface area contributed by atoms with E-state index in [2.05, 4.69) is 11.6 Å². The zero-order valence-electron chi connectivity index (χ0n) is 10.4. The molecule has 1 aliphatic rings. The zero-order valence-corrected chi connectivity index (χ0v) is 11.2. The van der Waals surface area contributed by atoms with E-state index in [1.807, 2.05) is 11.8 Å². The second kappa shape index (κ2) is 5.10. The molecule has 98 valence electrons. The number of carbonyl (C=O) groups is 1. The molecule has 4 nitrogen and oxygen atoms in total. The van der Waals surface area contributed by atoms with Crippen LogP contribution in [0, 0.1) is 0 Å². The largest absolute Gasteiger partial charge is 0.506 e. The fourth-order valence-corrected chi connectivity index (χ4v) is 2.97. The number of hydrogen-bond acceptors (Lipinski definition) is 4. The van der Waals surface area contributed by atoms with Crippen molar-refractivity contribution in [3.63, 3.8) is 0 Å². The van der Waals surface area contributed by atoms with Gasteiger partial charge in [0.25, 0.3) is 5.91 Å². The molecule has 1 amide bonds. The molecule has 0 spiro atoms. The summed E-state index contributed by atoms with van der Waals surface area (Å²) in [6.07, 6.45) is 5.63. The Labute approximate surface area is 111 Å². The van der Waals surface area contributed by atoms with E-state index >= 15 is 0 Å². The highest BCUT2D eigenvalue weighted by molar-refractivity contribution is 8.00. The molecule has 1 aliphatic carbocycles. The van der Waals surface area contributed by atoms with Crippen LogP contribution in [0.3, 0.4) is 0 Å². The molecule has 0 heterocycles. The maximum absolute atomic E-state index is 11.9. The standard InChI is InChI=1S/C13H18N2O2S/c1-18-13(5-2-6-13)8-15-12(17)9-3-4-10(14)11(16)7-9/h3-4,7,16H,2,5-6,8,14H2,1H3,(H,15,17). The minimum absolute atomic E-state index is 0.0501. The number of anilines is 1. The zero-order chi connectivity index (χ0) is 13.2. The quantitative estimate of drug-likeness (QED) is 0.575. The number of rotatable bonds is 4. The van der Waals surface area contributed by atoms with Gasteiger partial charge in [-0.15, -0.1) is 0 Å². The summed E-state index contributed by atoms with van der Waals surface area (Å²) < 4.78 is 0.214. The number of nitrogens with two attached hydrogens (primary N) is 1. The molecule has 0 aromatic heterocycles. The summed E-state index contributed by atoms with van der Waals surface area (Å²) in [5.41, 5.74) is 6.22. The summed E-state index contributed by atoms with van der Waals surface area (Å²) >= 11 is 1.82. The van der Waals surface area contributed by atoms with E-state index in [0.29, 0.717) is 12.1 Å². The Hall–Kier alpha value is -1.36. The molecule has 1 aromatic carbocycles. The van der Waals surface area contributed by atoms with Gasteiger partial charge in [-0.05, 0) is 37.3 Å². The lowest BCUT2D eigenvalue weighted by Gasteiger charge is -2.40. The predicted octanol–water partition coefficient (Wildman–Crippen LogP) is 1.99. The summed E-state index contributed by atoms with van der Waals surface area (Å²) in [5, 5.41) is 12.4. The fraction of sp³-hybridized carbons (Fsp3) is 0.462. The number of nitrogens with one attached hydrogen (secondary N) is 1. The number of phenolic OH excluding ortho intramolecular Hbond substituents is 1. The Balaban J connectivity index is 1.97. The van der Waals surface area contributed by atoms with Crippen molar-refractivity contribution in [3.8, 4) is 5.75 Å². The van der Waals surface area contributed by atoms with Crippen LogP contribution in [0.15, 0.2) is 18.2 Å². The van der Waals surface area contributed by atoms with E-state index in [1.54, 1.807) is 6.07 Å². The lowest BCUT2D eigenvalue weighted by Crippen LogP contribution is -2.45. The minimum Gasteiger partial charge on any atom is -0.506 e. The van der Waals surface area contributed by atoms with Gasteiger partial charge in [-0.1, -0.05) is 6.42 Å². The first-order chi connectivity index (χ1) is 8.56. The normalized spacial score (nSPS) is 16.9. The molecule has 1 aromatic rings. The minimum atomic E-state index is -0.161. The average molecular weight is 266 g/mol. The van der Waals surface area contributed by atoms with E-state index < -0.39 is 0 Å². The highest BCUT2D eigenvalue weighted by Crippen LogP contribution is 2.42. The molecule has 0 radical (unpaired) electrons. The van der Waals surface area contributed by atoms with Crippen LogP contribution >= 0.6 is 11.8 Å². The van der Waals surface area contributed by atoms with E-state index in [4.69, 9.17) is 5.73 Å². The van der Waals surface area contributed by atoms with Crippen LogP contribution in [-0.2, 0) is 0 Å². The summed E-state index contributed by atoms with van der Waals surface area (Å²) in [5.74, 6) is -0.212. The Morgan fingerprint density at radius 1 is 1.56 bits per heavy atom. The van der Waals surface area contributed by atoms with Crippen LogP contribution in [0.2, 0.25) is 0 Å². The molecule has 0 unspecified atom stereocenters. The van der Waals surface area contributed by atoms with Gasteiger partial charge in [0.2, 0.25) is 0 Å². The van der Waals surface area contributed by atoms with E-state index in [0.717, 1.165) is 12.8 Å². The van der Waals surface area contributed by atoms with Crippen LogP contribution in [0.1, 0.15) is 29.6 Å². The first kappa shape index (κ1) is 13.1. The van der Waals surface area contributed by atoms with Crippen molar-refractivity contribution in [3.05, 3.63) is 23.8 Å².